The van der Waals surface area contributed by atoms with Gasteiger partial charge in [-0.05, 0) is 30.0 Å². The third kappa shape index (κ3) is 2.50. The molecule has 2 aliphatic rings. The highest BCUT2D eigenvalue weighted by atomic mass is 16.3. The molecule has 4 rings (SSSR count). The number of hydrogen-bond donors (Lipinski definition) is 1. The number of anilines is 1. The van der Waals surface area contributed by atoms with E-state index in [-0.39, 0.29) is 0 Å². The Morgan fingerprint density at radius 1 is 1.00 bits per heavy atom. The highest BCUT2D eigenvalue weighted by molar-refractivity contribution is 5.67. The summed E-state index contributed by atoms with van der Waals surface area (Å²) in [7, 11) is 0. The molecule has 1 saturated carbocycles. The molecule has 0 aromatic heterocycles. The summed E-state index contributed by atoms with van der Waals surface area (Å²) in [5, 5.41) is 10.5. The van der Waals surface area contributed by atoms with E-state index in [1.165, 1.54) is 42.5 Å². The number of nitrogens with zero attached hydrogens (tertiary/aromatic N) is 1. The molecular formula is C21H25NO. The van der Waals surface area contributed by atoms with Crippen molar-refractivity contribution in [3.8, 4) is 5.75 Å². The average molecular weight is 307 g/mol. The van der Waals surface area contributed by atoms with Gasteiger partial charge in [0.25, 0.3) is 0 Å². The molecule has 1 heterocycles. The number of phenolic OH excluding ortho intramolecular Hbond substituents is 1. The lowest BCUT2D eigenvalue weighted by atomic mass is 9.82. The molecule has 2 aromatic rings. The summed E-state index contributed by atoms with van der Waals surface area (Å²) in [5.74, 6) is 1.59. The fraction of sp³-hybridized carbons (Fsp3) is 0.429. The molecule has 2 nitrogen and oxygen atoms in total. The Balaban J connectivity index is 1.77. The summed E-state index contributed by atoms with van der Waals surface area (Å²) >= 11 is 0. The number of phenols is 1. The van der Waals surface area contributed by atoms with Crippen molar-refractivity contribution in [2.24, 2.45) is 5.92 Å². The lowest BCUT2D eigenvalue weighted by Gasteiger charge is -2.31. The van der Waals surface area contributed by atoms with E-state index in [2.05, 4.69) is 48.2 Å². The zero-order valence-electron chi connectivity index (χ0n) is 13.8. The minimum atomic E-state index is 0.470. The van der Waals surface area contributed by atoms with E-state index in [4.69, 9.17) is 0 Å². The van der Waals surface area contributed by atoms with Crippen LogP contribution in [-0.4, -0.2) is 11.1 Å². The molecule has 0 bridgehead atoms. The van der Waals surface area contributed by atoms with Crippen LogP contribution in [0.2, 0.25) is 0 Å². The Hall–Kier alpha value is -1.96. The maximum Gasteiger partial charge on any atom is 0.121 e. The third-order valence-electron chi connectivity index (χ3n) is 5.74. The molecule has 2 heteroatoms. The van der Waals surface area contributed by atoms with Crippen molar-refractivity contribution in [1.29, 1.82) is 0 Å². The van der Waals surface area contributed by atoms with E-state index in [0.717, 1.165) is 6.54 Å². The quantitative estimate of drug-likeness (QED) is 0.837. The van der Waals surface area contributed by atoms with Crippen LogP contribution in [0.4, 0.5) is 5.69 Å². The SMILES string of the molecule is CC1CCCCC2C1c1c(O)cccc1N2Cc1ccccc1. The van der Waals surface area contributed by atoms with Gasteiger partial charge in [-0.3, -0.25) is 0 Å². The molecule has 120 valence electrons. The highest BCUT2D eigenvalue weighted by Crippen LogP contribution is 2.52. The summed E-state index contributed by atoms with van der Waals surface area (Å²) in [6, 6.07) is 17.3. The van der Waals surface area contributed by atoms with Gasteiger partial charge in [0.15, 0.2) is 0 Å². The van der Waals surface area contributed by atoms with Gasteiger partial charge in [0, 0.05) is 29.8 Å². The van der Waals surface area contributed by atoms with Crippen LogP contribution in [0.5, 0.6) is 5.75 Å². The minimum Gasteiger partial charge on any atom is -0.508 e. The third-order valence-corrected chi connectivity index (χ3v) is 5.74. The first-order valence-electron chi connectivity index (χ1n) is 8.88. The van der Waals surface area contributed by atoms with Crippen molar-refractivity contribution < 1.29 is 5.11 Å². The van der Waals surface area contributed by atoms with E-state index >= 15 is 0 Å². The molecular weight excluding hydrogens is 282 g/mol. The van der Waals surface area contributed by atoms with Gasteiger partial charge in [0.1, 0.15) is 5.75 Å². The van der Waals surface area contributed by atoms with Crippen molar-refractivity contribution in [3.05, 3.63) is 59.7 Å². The summed E-state index contributed by atoms with van der Waals surface area (Å²) in [6.45, 7) is 3.30. The first-order chi connectivity index (χ1) is 11.3. The van der Waals surface area contributed by atoms with Gasteiger partial charge >= 0.3 is 0 Å². The minimum absolute atomic E-state index is 0.470. The maximum absolute atomic E-state index is 10.5. The smallest absolute Gasteiger partial charge is 0.121 e. The topological polar surface area (TPSA) is 23.5 Å². The maximum atomic E-state index is 10.5. The summed E-state index contributed by atoms with van der Waals surface area (Å²) in [6.07, 6.45) is 5.12. The largest absolute Gasteiger partial charge is 0.508 e. The van der Waals surface area contributed by atoms with Crippen molar-refractivity contribution in [3.63, 3.8) is 0 Å². The summed E-state index contributed by atoms with van der Waals surface area (Å²) in [4.78, 5) is 2.55. The van der Waals surface area contributed by atoms with Crippen LogP contribution < -0.4 is 4.90 Å². The van der Waals surface area contributed by atoms with Crippen LogP contribution in [0, 0.1) is 5.92 Å². The Kier molecular flexibility index (Phi) is 3.76. The van der Waals surface area contributed by atoms with Crippen molar-refractivity contribution in [2.45, 2.75) is 51.1 Å². The second kappa shape index (κ2) is 5.92. The van der Waals surface area contributed by atoms with Crippen molar-refractivity contribution >= 4 is 5.69 Å². The van der Waals surface area contributed by atoms with Gasteiger partial charge in [-0.1, -0.05) is 62.6 Å². The second-order valence-electron chi connectivity index (χ2n) is 7.18. The number of rotatable bonds is 2. The normalized spacial score (nSPS) is 26.5. The molecule has 0 spiro atoms. The van der Waals surface area contributed by atoms with Crippen molar-refractivity contribution in [2.75, 3.05) is 4.90 Å². The van der Waals surface area contributed by atoms with Gasteiger partial charge < -0.3 is 10.0 Å². The van der Waals surface area contributed by atoms with Crippen LogP contribution in [0.15, 0.2) is 48.5 Å². The van der Waals surface area contributed by atoms with E-state index in [1.54, 1.807) is 0 Å². The number of fused-ring (bicyclic) bond motifs is 3. The average Bonchev–Trinajstić information content (AvgIpc) is 2.75. The van der Waals surface area contributed by atoms with Gasteiger partial charge in [-0.2, -0.15) is 0 Å². The van der Waals surface area contributed by atoms with Crippen LogP contribution >= 0.6 is 0 Å². The van der Waals surface area contributed by atoms with E-state index in [9.17, 15) is 5.11 Å². The fourth-order valence-electron chi connectivity index (χ4n) is 4.68. The molecule has 1 fully saturated rings. The Morgan fingerprint density at radius 3 is 2.61 bits per heavy atom. The molecule has 0 radical (unpaired) electrons. The molecule has 3 atom stereocenters. The molecule has 1 aliphatic heterocycles. The van der Waals surface area contributed by atoms with E-state index < -0.39 is 0 Å². The first-order valence-corrected chi connectivity index (χ1v) is 8.88. The van der Waals surface area contributed by atoms with Crippen LogP contribution in [-0.2, 0) is 6.54 Å². The molecule has 0 amide bonds. The van der Waals surface area contributed by atoms with Gasteiger partial charge in [0.2, 0.25) is 0 Å². The zero-order valence-corrected chi connectivity index (χ0v) is 13.8. The van der Waals surface area contributed by atoms with Crippen LogP contribution in [0.1, 0.15) is 49.7 Å². The van der Waals surface area contributed by atoms with Gasteiger partial charge in [0.05, 0.1) is 0 Å². The Morgan fingerprint density at radius 2 is 1.78 bits per heavy atom. The Labute approximate surface area is 138 Å². The first kappa shape index (κ1) is 14.6. The molecule has 1 aliphatic carbocycles. The monoisotopic (exact) mass is 307 g/mol. The lowest BCUT2D eigenvalue weighted by Crippen LogP contribution is -2.34. The van der Waals surface area contributed by atoms with Crippen LogP contribution in [0.25, 0.3) is 0 Å². The number of hydrogen-bond acceptors (Lipinski definition) is 2. The van der Waals surface area contributed by atoms with E-state index in [0.29, 0.717) is 23.6 Å². The summed E-state index contributed by atoms with van der Waals surface area (Å²) < 4.78 is 0. The zero-order chi connectivity index (χ0) is 15.8. The number of aromatic hydroxyl groups is 1. The van der Waals surface area contributed by atoms with Crippen LogP contribution in [0.3, 0.4) is 0 Å². The molecule has 2 aromatic carbocycles. The lowest BCUT2D eigenvalue weighted by molar-refractivity contribution is 0.385. The second-order valence-corrected chi connectivity index (χ2v) is 7.18. The fourth-order valence-corrected chi connectivity index (χ4v) is 4.68. The molecule has 23 heavy (non-hydrogen) atoms. The Bertz CT molecular complexity index is 681. The van der Waals surface area contributed by atoms with Gasteiger partial charge in [-0.25, -0.2) is 0 Å². The molecule has 0 saturated heterocycles. The molecule has 3 unspecified atom stereocenters. The highest BCUT2D eigenvalue weighted by Gasteiger charge is 2.43. The summed E-state index contributed by atoms with van der Waals surface area (Å²) in [5.41, 5.74) is 3.79. The standard InChI is InChI=1S/C21H25NO/c1-15-8-5-6-11-17-20(15)21-18(12-7-13-19(21)23)22(17)14-16-9-3-2-4-10-16/h2-4,7,9-10,12-13,15,17,20,23H,5-6,8,11,14H2,1H3. The molecule has 1 N–H and O–H groups in total. The van der Waals surface area contributed by atoms with Crippen molar-refractivity contribution in [1.82, 2.24) is 0 Å². The van der Waals surface area contributed by atoms with Gasteiger partial charge in [-0.15, -0.1) is 0 Å². The predicted octanol–water partition coefficient (Wildman–Crippen LogP) is 5.07. The number of benzene rings is 2. The van der Waals surface area contributed by atoms with E-state index in [1.807, 2.05) is 12.1 Å². The predicted molar refractivity (Wildman–Crippen MR) is 94.9 cm³/mol.